The lowest BCUT2D eigenvalue weighted by Gasteiger charge is -2.26. The zero-order chi connectivity index (χ0) is 31.9. The lowest BCUT2D eigenvalue weighted by atomic mass is 9.93. The number of anilines is 1. The summed E-state index contributed by atoms with van der Waals surface area (Å²) in [5.74, 6) is -0.307. The van der Waals surface area contributed by atoms with Crippen LogP contribution in [0.15, 0.2) is 95.9 Å². The molecule has 0 aliphatic heterocycles. The largest absolute Gasteiger partial charge is 0.467 e. The summed E-state index contributed by atoms with van der Waals surface area (Å²) in [5.41, 5.74) is 3.70. The molecule has 1 unspecified atom stereocenters. The highest BCUT2D eigenvalue weighted by molar-refractivity contribution is 7.98. The number of nitrogens with one attached hydrogen (secondary N) is 1. The van der Waals surface area contributed by atoms with Crippen molar-refractivity contribution in [1.29, 1.82) is 0 Å². The average molecular weight is 672 g/mol. The summed E-state index contributed by atoms with van der Waals surface area (Å²) in [7, 11) is -2.88. The first-order chi connectivity index (χ1) is 21.1. The molecule has 4 aromatic rings. The maximum Gasteiger partial charge on any atom is 0.328 e. The van der Waals surface area contributed by atoms with E-state index in [2.05, 4.69) is 5.32 Å². The van der Waals surface area contributed by atoms with Crippen molar-refractivity contribution >= 4 is 62.6 Å². The molecule has 0 radical (unpaired) electrons. The van der Waals surface area contributed by atoms with Crippen molar-refractivity contribution in [1.82, 2.24) is 5.32 Å². The molecule has 4 aromatic carbocycles. The Morgan fingerprint density at radius 1 is 0.932 bits per heavy atom. The second-order valence-corrected chi connectivity index (χ2v) is 13.5. The summed E-state index contributed by atoms with van der Waals surface area (Å²) in [6.07, 6.45) is 2.33. The van der Waals surface area contributed by atoms with Crippen molar-refractivity contribution in [2.45, 2.75) is 30.8 Å². The highest BCUT2D eigenvalue weighted by Gasteiger charge is 2.29. The third-order valence-corrected chi connectivity index (χ3v) is 10.4. The second kappa shape index (κ2) is 15.0. The molecule has 0 aromatic heterocycles. The normalized spacial score (nSPS) is 11.9. The molecule has 11 heteroatoms. The Balaban J connectivity index is 1.81. The van der Waals surface area contributed by atoms with Crippen LogP contribution in [0.3, 0.4) is 0 Å². The van der Waals surface area contributed by atoms with Gasteiger partial charge in [0.25, 0.3) is 15.9 Å². The molecule has 0 spiro atoms. The first-order valence-electron chi connectivity index (χ1n) is 13.7. The molecule has 230 valence electrons. The molecule has 1 amide bonds. The fourth-order valence-corrected chi connectivity index (χ4v) is 7.39. The van der Waals surface area contributed by atoms with Crippen LogP contribution in [0.2, 0.25) is 10.0 Å². The Hall–Kier alpha value is -3.50. The smallest absolute Gasteiger partial charge is 0.328 e. The number of halogens is 2. The van der Waals surface area contributed by atoms with Gasteiger partial charge in [0, 0.05) is 5.56 Å². The fraction of sp³-hybridized carbons (Fsp3) is 0.212. The van der Waals surface area contributed by atoms with Gasteiger partial charge in [0.1, 0.15) is 10.9 Å². The predicted molar refractivity (Wildman–Crippen MR) is 179 cm³/mol. The molecule has 0 aliphatic rings. The highest BCUT2D eigenvalue weighted by Crippen LogP contribution is 2.35. The molecule has 44 heavy (non-hydrogen) atoms. The van der Waals surface area contributed by atoms with Gasteiger partial charge in [0.2, 0.25) is 0 Å². The number of nitrogens with zero attached hydrogens (tertiary/aromatic N) is 1. The van der Waals surface area contributed by atoms with Crippen LogP contribution in [0.1, 0.15) is 27.9 Å². The van der Waals surface area contributed by atoms with Gasteiger partial charge in [-0.05, 0) is 84.0 Å². The Kier molecular flexibility index (Phi) is 11.4. The lowest BCUT2D eigenvalue weighted by molar-refractivity contribution is -0.142. The van der Waals surface area contributed by atoms with E-state index in [9.17, 15) is 18.0 Å². The van der Waals surface area contributed by atoms with Gasteiger partial charge in [-0.2, -0.15) is 11.8 Å². The number of amides is 1. The molecule has 0 saturated heterocycles. The summed E-state index contributed by atoms with van der Waals surface area (Å²) >= 11 is 14.1. The number of thioether (sulfide) groups is 1. The summed E-state index contributed by atoms with van der Waals surface area (Å²) < 4.78 is 34.3. The Bertz CT molecular complexity index is 1750. The van der Waals surface area contributed by atoms with Gasteiger partial charge in [-0.25, -0.2) is 13.2 Å². The van der Waals surface area contributed by atoms with Crippen LogP contribution in [0, 0.1) is 6.92 Å². The van der Waals surface area contributed by atoms with Crippen LogP contribution < -0.4 is 9.62 Å². The third-order valence-electron chi connectivity index (χ3n) is 7.02. The number of methoxy groups -OCH3 is 1. The van der Waals surface area contributed by atoms with Crippen molar-refractivity contribution < 1.29 is 22.7 Å². The minimum Gasteiger partial charge on any atom is -0.467 e. The molecule has 0 heterocycles. The van der Waals surface area contributed by atoms with E-state index in [0.717, 1.165) is 11.1 Å². The predicted octanol–water partition coefficient (Wildman–Crippen LogP) is 7.39. The first kappa shape index (κ1) is 33.4. The Labute approximate surface area is 272 Å². The first-order valence-corrected chi connectivity index (χ1v) is 17.3. The number of hydrogen-bond acceptors (Lipinski definition) is 6. The minimum absolute atomic E-state index is 0.0610. The van der Waals surface area contributed by atoms with Crippen LogP contribution in [0.25, 0.3) is 11.1 Å². The van der Waals surface area contributed by atoms with Crippen LogP contribution in [-0.4, -0.2) is 45.5 Å². The Morgan fingerprint density at radius 2 is 1.64 bits per heavy atom. The molecule has 7 nitrogen and oxygen atoms in total. The molecule has 1 N–H and O–H groups in total. The zero-order valence-electron chi connectivity index (χ0n) is 24.4. The van der Waals surface area contributed by atoms with Crippen molar-refractivity contribution in [2.75, 3.05) is 23.4 Å². The van der Waals surface area contributed by atoms with Gasteiger partial charge in [-0.1, -0.05) is 77.8 Å². The lowest BCUT2D eigenvalue weighted by Crippen LogP contribution is -2.42. The van der Waals surface area contributed by atoms with E-state index in [1.54, 1.807) is 60.3 Å². The molecule has 1 atom stereocenters. The number of rotatable bonds is 12. The van der Waals surface area contributed by atoms with E-state index in [0.29, 0.717) is 34.6 Å². The molecule has 0 aliphatic carbocycles. The number of ether oxygens (including phenoxy) is 1. The van der Waals surface area contributed by atoms with Gasteiger partial charge < -0.3 is 10.1 Å². The summed E-state index contributed by atoms with van der Waals surface area (Å²) in [6.45, 7) is 1.87. The van der Waals surface area contributed by atoms with Crippen LogP contribution >= 0.6 is 35.0 Å². The third kappa shape index (κ3) is 7.58. The fourth-order valence-electron chi connectivity index (χ4n) is 4.73. The zero-order valence-corrected chi connectivity index (χ0v) is 27.6. The summed E-state index contributed by atoms with van der Waals surface area (Å²) in [6, 6.07) is 25.1. The summed E-state index contributed by atoms with van der Waals surface area (Å²) in [4.78, 5) is 26.0. The standard InChI is InChI=1S/C33H32Cl2N2O5S2/c1-22-10-7-8-13-25(22)27-20-23(16-17-26(27)32(38)36-29(18-19-43-3)33(39)42-2)21-37(24-11-5-4-6-12-24)44(40,41)30-15-9-14-28(34)31(30)35/h4-17,20,29H,18-19,21H2,1-3H3,(H,36,38). The van der Waals surface area contributed by atoms with E-state index in [4.69, 9.17) is 27.9 Å². The molecular formula is C33H32Cl2N2O5S2. The maximum absolute atomic E-state index is 14.1. The molecule has 0 fully saturated rings. The van der Waals surface area contributed by atoms with Crippen molar-refractivity contribution in [2.24, 2.45) is 0 Å². The van der Waals surface area contributed by atoms with Gasteiger partial charge in [-0.15, -0.1) is 0 Å². The number of carbonyl (C=O) groups excluding carboxylic acids is 2. The average Bonchev–Trinajstić information content (AvgIpc) is 3.03. The number of carbonyl (C=O) groups is 2. The monoisotopic (exact) mass is 670 g/mol. The maximum atomic E-state index is 14.1. The minimum atomic E-state index is -4.17. The van der Waals surface area contributed by atoms with Gasteiger partial charge >= 0.3 is 5.97 Å². The second-order valence-electron chi connectivity index (χ2n) is 9.92. The van der Waals surface area contributed by atoms with Crippen LogP contribution in [0.5, 0.6) is 0 Å². The number of sulfonamides is 1. The molecule has 0 bridgehead atoms. The summed E-state index contributed by atoms with van der Waals surface area (Å²) in [5, 5.41) is 2.89. The molecular weight excluding hydrogens is 639 g/mol. The van der Waals surface area contributed by atoms with E-state index in [-0.39, 0.29) is 21.5 Å². The molecule has 4 rings (SSSR count). The molecule has 0 saturated carbocycles. The van der Waals surface area contributed by atoms with Crippen LogP contribution in [0.4, 0.5) is 5.69 Å². The number of aryl methyl sites for hydroxylation is 1. The van der Waals surface area contributed by atoms with E-state index >= 15 is 0 Å². The Morgan fingerprint density at radius 3 is 2.32 bits per heavy atom. The number of benzene rings is 4. The quantitative estimate of drug-likeness (QED) is 0.158. The number of esters is 1. The van der Waals surface area contributed by atoms with Crippen molar-refractivity contribution in [3.05, 3.63) is 118 Å². The SMILES string of the molecule is COC(=O)C(CCSC)NC(=O)c1ccc(CN(c2ccccc2)S(=O)(=O)c2cccc(Cl)c2Cl)cc1-c1ccccc1C. The topological polar surface area (TPSA) is 92.8 Å². The van der Waals surface area contributed by atoms with Gasteiger partial charge in [-0.3, -0.25) is 9.10 Å². The van der Waals surface area contributed by atoms with E-state index in [1.807, 2.05) is 37.4 Å². The van der Waals surface area contributed by atoms with E-state index in [1.165, 1.54) is 29.6 Å². The number of para-hydroxylation sites is 1. The van der Waals surface area contributed by atoms with Crippen LogP contribution in [-0.2, 0) is 26.1 Å². The number of hydrogen-bond donors (Lipinski definition) is 1. The van der Waals surface area contributed by atoms with E-state index < -0.39 is 27.9 Å². The van der Waals surface area contributed by atoms with Gasteiger partial charge in [0.15, 0.2) is 0 Å². The highest BCUT2D eigenvalue weighted by atomic mass is 35.5. The van der Waals surface area contributed by atoms with Crippen molar-refractivity contribution in [3.63, 3.8) is 0 Å². The van der Waals surface area contributed by atoms with Gasteiger partial charge in [0.05, 0.1) is 29.4 Å². The van der Waals surface area contributed by atoms with Crippen molar-refractivity contribution in [3.8, 4) is 11.1 Å².